The Balaban J connectivity index is 1.05. The fraction of sp³-hybridized carbons (Fsp3) is 0. The summed E-state index contributed by atoms with van der Waals surface area (Å²) in [4.78, 5) is 15.8. The second-order valence-corrected chi connectivity index (χ2v) is 15.9. The SMILES string of the molecule is c1ccc2cc3c(cc2c1)c1ccccc1n3-c1ccc(-c2nc(-c3ccc4oc5ccccc5c4c3)nc(-c3ccc4oc5ccccc5c4c3)n2)c2oc3ccccc3c12. The first-order valence-electron chi connectivity index (χ1n) is 20.7. The Morgan fingerprint density at radius 2 is 0.855 bits per heavy atom. The summed E-state index contributed by atoms with van der Waals surface area (Å²) < 4.78 is 21.7. The molecule has 9 aromatic carbocycles. The largest absolute Gasteiger partial charge is 0.456 e. The van der Waals surface area contributed by atoms with Crippen molar-refractivity contribution < 1.29 is 13.3 Å². The molecule has 0 aliphatic heterocycles. The second kappa shape index (κ2) is 12.5. The van der Waals surface area contributed by atoms with Crippen LogP contribution in [0.1, 0.15) is 0 Å². The van der Waals surface area contributed by atoms with E-state index >= 15 is 0 Å². The molecule has 288 valence electrons. The van der Waals surface area contributed by atoms with E-state index in [0.29, 0.717) is 23.1 Å². The predicted octanol–water partition coefficient (Wildman–Crippen LogP) is 14.8. The minimum atomic E-state index is 0.503. The number of hydrogen-bond donors (Lipinski definition) is 0. The summed E-state index contributed by atoms with van der Waals surface area (Å²) in [5.41, 5.74) is 10.5. The van der Waals surface area contributed by atoms with Crippen molar-refractivity contribution in [3.63, 3.8) is 0 Å². The Labute approximate surface area is 351 Å². The van der Waals surface area contributed by atoms with Gasteiger partial charge in [-0.25, -0.2) is 15.0 Å². The van der Waals surface area contributed by atoms with E-state index in [1.165, 1.54) is 21.5 Å². The molecule has 0 atom stereocenters. The molecule has 0 spiro atoms. The number of rotatable bonds is 4. The lowest BCUT2D eigenvalue weighted by Gasteiger charge is -2.13. The first-order chi connectivity index (χ1) is 30.7. The van der Waals surface area contributed by atoms with E-state index < -0.39 is 0 Å². The van der Waals surface area contributed by atoms with Crippen LogP contribution in [0, 0.1) is 0 Å². The summed E-state index contributed by atoms with van der Waals surface area (Å²) in [7, 11) is 0. The molecule has 0 bridgehead atoms. The lowest BCUT2D eigenvalue weighted by atomic mass is 10.0. The molecule has 62 heavy (non-hydrogen) atoms. The van der Waals surface area contributed by atoms with E-state index in [2.05, 4.69) is 114 Å². The van der Waals surface area contributed by atoms with Crippen molar-refractivity contribution >= 4 is 98.4 Å². The van der Waals surface area contributed by atoms with Crippen LogP contribution in [0.25, 0.3) is 138 Å². The fourth-order valence-corrected chi connectivity index (χ4v) is 9.57. The minimum Gasteiger partial charge on any atom is -0.456 e. The van der Waals surface area contributed by atoms with E-state index in [-0.39, 0.29) is 0 Å². The fourth-order valence-electron chi connectivity index (χ4n) is 9.57. The predicted molar refractivity (Wildman–Crippen MR) is 250 cm³/mol. The number of nitrogens with zero attached hydrogens (tertiary/aromatic N) is 4. The molecule has 0 fully saturated rings. The van der Waals surface area contributed by atoms with Crippen LogP contribution in [0.2, 0.25) is 0 Å². The van der Waals surface area contributed by atoms with Gasteiger partial charge < -0.3 is 17.8 Å². The van der Waals surface area contributed by atoms with Crippen LogP contribution in [0.4, 0.5) is 0 Å². The van der Waals surface area contributed by atoms with Gasteiger partial charge in [-0.3, -0.25) is 0 Å². The monoisotopic (exact) mass is 794 g/mol. The Bertz CT molecular complexity index is 4060. The summed E-state index contributed by atoms with van der Waals surface area (Å²) in [5, 5.41) is 10.8. The van der Waals surface area contributed by atoms with Crippen molar-refractivity contribution in [2.24, 2.45) is 0 Å². The van der Waals surface area contributed by atoms with E-state index in [4.69, 9.17) is 28.2 Å². The number of furan rings is 3. The molecule has 0 N–H and O–H groups in total. The highest BCUT2D eigenvalue weighted by Crippen LogP contribution is 2.43. The molecule has 0 saturated carbocycles. The van der Waals surface area contributed by atoms with Crippen LogP contribution in [0.5, 0.6) is 0 Å². The molecule has 7 nitrogen and oxygen atoms in total. The molecule has 0 aliphatic rings. The van der Waals surface area contributed by atoms with E-state index in [1.54, 1.807) is 0 Å². The maximum Gasteiger partial charge on any atom is 0.167 e. The van der Waals surface area contributed by atoms with Gasteiger partial charge in [0.05, 0.1) is 27.7 Å². The first kappa shape index (κ1) is 33.3. The van der Waals surface area contributed by atoms with Gasteiger partial charge in [0.25, 0.3) is 0 Å². The van der Waals surface area contributed by atoms with Crippen LogP contribution in [0.15, 0.2) is 195 Å². The third-order valence-electron chi connectivity index (χ3n) is 12.4. The van der Waals surface area contributed by atoms with Gasteiger partial charge in [0, 0.05) is 48.8 Å². The van der Waals surface area contributed by atoms with Crippen LogP contribution in [0.3, 0.4) is 0 Å². The van der Waals surface area contributed by atoms with Crippen molar-refractivity contribution in [1.29, 1.82) is 0 Å². The lowest BCUT2D eigenvalue weighted by Crippen LogP contribution is -2.01. The first-order valence-corrected chi connectivity index (χ1v) is 20.7. The minimum absolute atomic E-state index is 0.503. The summed E-state index contributed by atoms with van der Waals surface area (Å²) in [6.45, 7) is 0. The Morgan fingerprint density at radius 1 is 0.339 bits per heavy atom. The zero-order chi connectivity index (χ0) is 40.5. The molecule has 0 aliphatic carbocycles. The van der Waals surface area contributed by atoms with Gasteiger partial charge >= 0.3 is 0 Å². The molecule has 5 aromatic heterocycles. The van der Waals surface area contributed by atoms with Gasteiger partial charge in [-0.05, 0) is 95.7 Å². The average molecular weight is 795 g/mol. The Morgan fingerprint density at radius 3 is 1.52 bits per heavy atom. The van der Waals surface area contributed by atoms with Gasteiger partial charge in [-0.1, -0.05) is 97.1 Å². The molecular formula is C55H30N4O3. The summed E-state index contributed by atoms with van der Waals surface area (Å²) in [6, 6.07) is 62.8. The highest BCUT2D eigenvalue weighted by atomic mass is 16.3. The van der Waals surface area contributed by atoms with Crippen molar-refractivity contribution in [2.45, 2.75) is 0 Å². The smallest absolute Gasteiger partial charge is 0.167 e. The zero-order valence-corrected chi connectivity index (χ0v) is 32.8. The van der Waals surface area contributed by atoms with E-state index in [0.717, 1.165) is 93.6 Å². The highest BCUT2D eigenvalue weighted by molar-refractivity contribution is 6.18. The van der Waals surface area contributed by atoms with Crippen LogP contribution < -0.4 is 0 Å². The van der Waals surface area contributed by atoms with Gasteiger partial charge in [0.15, 0.2) is 17.5 Å². The number of para-hydroxylation sites is 4. The molecule has 14 aromatic rings. The molecular weight excluding hydrogens is 765 g/mol. The summed E-state index contributed by atoms with van der Waals surface area (Å²) in [5.74, 6) is 1.58. The van der Waals surface area contributed by atoms with Crippen LogP contribution >= 0.6 is 0 Å². The quantitative estimate of drug-likeness (QED) is 0.176. The normalized spacial score (nSPS) is 12.2. The number of fused-ring (bicyclic) bond motifs is 13. The third-order valence-corrected chi connectivity index (χ3v) is 12.4. The van der Waals surface area contributed by atoms with Crippen LogP contribution in [-0.2, 0) is 0 Å². The van der Waals surface area contributed by atoms with Crippen molar-refractivity contribution in [2.75, 3.05) is 0 Å². The molecule has 0 unspecified atom stereocenters. The van der Waals surface area contributed by atoms with Crippen molar-refractivity contribution in [1.82, 2.24) is 19.5 Å². The van der Waals surface area contributed by atoms with Crippen LogP contribution in [-0.4, -0.2) is 19.5 Å². The summed E-state index contributed by atoms with van der Waals surface area (Å²) >= 11 is 0. The number of benzene rings is 9. The van der Waals surface area contributed by atoms with E-state index in [9.17, 15) is 0 Å². The Kier molecular flexibility index (Phi) is 6.71. The van der Waals surface area contributed by atoms with Crippen molar-refractivity contribution in [3.8, 4) is 39.9 Å². The maximum atomic E-state index is 6.91. The maximum absolute atomic E-state index is 6.91. The second-order valence-electron chi connectivity index (χ2n) is 15.9. The van der Waals surface area contributed by atoms with Gasteiger partial charge in [0.1, 0.15) is 33.5 Å². The highest BCUT2D eigenvalue weighted by Gasteiger charge is 2.24. The molecule has 0 saturated heterocycles. The lowest BCUT2D eigenvalue weighted by molar-refractivity contribution is 0.668. The molecule has 5 heterocycles. The number of aromatic nitrogens is 4. The molecule has 14 rings (SSSR count). The Hall–Kier alpha value is -8.55. The molecule has 0 amide bonds. The van der Waals surface area contributed by atoms with Crippen molar-refractivity contribution in [3.05, 3.63) is 182 Å². The van der Waals surface area contributed by atoms with Gasteiger partial charge in [0.2, 0.25) is 0 Å². The van der Waals surface area contributed by atoms with E-state index in [1.807, 2.05) is 72.8 Å². The third kappa shape index (κ3) is 4.78. The summed E-state index contributed by atoms with van der Waals surface area (Å²) in [6.07, 6.45) is 0. The van der Waals surface area contributed by atoms with Gasteiger partial charge in [-0.15, -0.1) is 0 Å². The topological polar surface area (TPSA) is 83.0 Å². The molecule has 7 heteroatoms. The average Bonchev–Trinajstić information content (AvgIpc) is 4.09. The number of hydrogen-bond acceptors (Lipinski definition) is 6. The standard InChI is InChI=1S/C55H30N4O3/c1-2-12-32-30-45-40(27-31(32)11-1)35-13-3-7-17-43(35)59(45)44-24-23-39(52-51(44)38-16-6-10-20-48(38)62-52)55-57-53(33-21-25-49-41(28-33)36-14-4-8-18-46(36)60-49)56-54(58-55)34-22-26-50-42(29-34)37-15-5-9-19-47(37)61-50/h1-30H. The van der Waals surface area contributed by atoms with Gasteiger partial charge in [-0.2, -0.15) is 0 Å². The molecule has 0 radical (unpaired) electrons. The zero-order valence-electron chi connectivity index (χ0n) is 32.8.